The van der Waals surface area contributed by atoms with Gasteiger partial charge in [-0.1, -0.05) is 12.1 Å². The maximum absolute atomic E-state index is 12.4. The van der Waals surface area contributed by atoms with Crippen molar-refractivity contribution in [1.29, 1.82) is 0 Å². The maximum atomic E-state index is 12.4. The van der Waals surface area contributed by atoms with Gasteiger partial charge in [-0.3, -0.25) is 29.8 Å². The van der Waals surface area contributed by atoms with E-state index in [1.807, 2.05) is 0 Å². The van der Waals surface area contributed by atoms with E-state index in [-0.39, 0.29) is 23.9 Å². The Labute approximate surface area is 208 Å². The molecule has 0 aliphatic heterocycles. The van der Waals surface area contributed by atoms with Crippen molar-refractivity contribution in [3.63, 3.8) is 0 Å². The van der Waals surface area contributed by atoms with Crippen LogP contribution in [0, 0.1) is 27.2 Å². The molecule has 14 nitrogen and oxygen atoms in total. The lowest BCUT2D eigenvalue weighted by Gasteiger charge is -2.13. The van der Waals surface area contributed by atoms with Crippen molar-refractivity contribution >= 4 is 35.1 Å². The van der Waals surface area contributed by atoms with Crippen LogP contribution in [-0.4, -0.2) is 44.0 Å². The number of nitrogens with zero attached hydrogens (tertiary/aromatic N) is 3. The number of nitrogens with one attached hydrogen (secondary N) is 2. The Hall–Kier alpha value is -5.27. The standard InChI is InChI=1S/C23H21N5O9/c1-3-36-18-11-14(5-9-19-25-22(30)21(28(34)35)23(31)26-19)4-8-17(18)37-12-20(29)24-16-7-6-15(27(32)33)10-13(16)2/h4-11H,3,12H2,1-2H3,(H,24,29)(H2,25,26,30,31)/b9-5+. The molecule has 0 aliphatic rings. The molecule has 0 saturated carbocycles. The van der Waals surface area contributed by atoms with Gasteiger partial charge in [0.2, 0.25) is 0 Å². The van der Waals surface area contributed by atoms with Gasteiger partial charge in [0, 0.05) is 17.8 Å². The normalized spacial score (nSPS) is 10.8. The second kappa shape index (κ2) is 11.4. The van der Waals surface area contributed by atoms with Crippen LogP contribution in [0.25, 0.3) is 12.2 Å². The largest absolute Gasteiger partial charge is 0.490 e. The number of carbonyl (C=O) groups is 1. The summed E-state index contributed by atoms with van der Waals surface area (Å²) in [4.78, 5) is 50.0. The number of aromatic hydroxyl groups is 1. The summed E-state index contributed by atoms with van der Waals surface area (Å²) in [5, 5.41) is 33.9. The number of rotatable bonds is 10. The first kappa shape index (κ1) is 26.3. The third-order valence-corrected chi connectivity index (χ3v) is 4.83. The lowest BCUT2D eigenvalue weighted by atomic mass is 10.2. The molecule has 14 heteroatoms. The third kappa shape index (κ3) is 6.66. The summed E-state index contributed by atoms with van der Waals surface area (Å²) in [7, 11) is 0. The van der Waals surface area contributed by atoms with Gasteiger partial charge in [-0.15, -0.1) is 0 Å². The number of nitro groups is 2. The molecule has 3 N–H and O–H groups in total. The zero-order valence-electron chi connectivity index (χ0n) is 19.6. The van der Waals surface area contributed by atoms with Crippen molar-refractivity contribution in [2.75, 3.05) is 18.5 Å². The minimum Gasteiger partial charge on any atom is -0.490 e. The highest BCUT2D eigenvalue weighted by molar-refractivity contribution is 5.92. The van der Waals surface area contributed by atoms with Crippen LogP contribution < -0.4 is 20.3 Å². The van der Waals surface area contributed by atoms with E-state index in [4.69, 9.17) is 9.47 Å². The fraction of sp³-hybridized carbons (Fsp3) is 0.174. The molecule has 1 aromatic heterocycles. The number of nitro benzene ring substituents is 1. The molecule has 0 unspecified atom stereocenters. The highest BCUT2D eigenvalue weighted by Gasteiger charge is 2.21. The number of hydrogen-bond donors (Lipinski definition) is 3. The van der Waals surface area contributed by atoms with Gasteiger partial charge in [-0.2, -0.15) is 4.98 Å². The number of H-pyrrole nitrogens is 1. The number of benzene rings is 2. The van der Waals surface area contributed by atoms with E-state index in [1.54, 1.807) is 32.0 Å². The van der Waals surface area contributed by atoms with E-state index in [0.29, 0.717) is 29.2 Å². The minimum absolute atomic E-state index is 0.0882. The molecule has 0 bridgehead atoms. The number of carbonyl (C=O) groups excluding carboxylic acids is 1. The van der Waals surface area contributed by atoms with Gasteiger partial charge in [0.25, 0.3) is 17.5 Å². The predicted molar refractivity (Wildman–Crippen MR) is 132 cm³/mol. The third-order valence-electron chi connectivity index (χ3n) is 4.83. The molecular weight excluding hydrogens is 490 g/mol. The molecule has 2 aromatic carbocycles. The Bertz CT molecular complexity index is 1450. The Kier molecular flexibility index (Phi) is 8.14. The van der Waals surface area contributed by atoms with E-state index >= 15 is 0 Å². The van der Waals surface area contributed by atoms with Crippen LogP contribution in [0.4, 0.5) is 17.1 Å². The Morgan fingerprint density at radius 1 is 1.11 bits per heavy atom. The Morgan fingerprint density at radius 2 is 1.86 bits per heavy atom. The summed E-state index contributed by atoms with van der Waals surface area (Å²) < 4.78 is 11.2. The van der Waals surface area contributed by atoms with Gasteiger partial charge in [0.1, 0.15) is 5.82 Å². The van der Waals surface area contributed by atoms with Crippen LogP contribution in [0.5, 0.6) is 17.4 Å². The van der Waals surface area contributed by atoms with Crippen LogP contribution in [-0.2, 0) is 4.79 Å². The first-order chi connectivity index (χ1) is 17.6. The van der Waals surface area contributed by atoms with E-state index in [1.165, 1.54) is 30.4 Å². The summed E-state index contributed by atoms with van der Waals surface area (Å²) in [5.41, 5.74) is -0.736. The van der Waals surface area contributed by atoms with Gasteiger partial charge in [-0.25, -0.2) is 0 Å². The van der Waals surface area contributed by atoms with Gasteiger partial charge in [-0.05, 0) is 49.2 Å². The summed E-state index contributed by atoms with van der Waals surface area (Å²) in [6.45, 7) is 3.32. The van der Waals surface area contributed by atoms with Gasteiger partial charge < -0.3 is 24.9 Å². The molecule has 192 valence electrons. The fourth-order valence-electron chi connectivity index (χ4n) is 3.14. The van der Waals surface area contributed by atoms with Gasteiger partial charge >= 0.3 is 11.2 Å². The number of aryl methyl sites for hydroxylation is 1. The summed E-state index contributed by atoms with van der Waals surface area (Å²) in [6.07, 6.45) is 2.84. The smallest absolute Gasteiger partial charge is 0.395 e. The van der Waals surface area contributed by atoms with Crippen LogP contribution in [0.15, 0.2) is 41.2 Å². The highest BCUT2D eigenvalue weighted by atomic mass is 16.6. The average Bonchev–Trinajstić information content (AvgIpc) is 2.82. The lowest BCUT2D eigenvalue weighted by molar-refractivity contribution is -0.387. The Morgan fingerprint density at radius 3 is 2.49 bits per heavy atom. The average molecular weight is 511 g/mol. The SMILES string of the molecule is CCOc1cc(/C=C/c2nc(O)c([N+](=O)[O-])c(=O)[nH]2)ccc1OCC(=O)Nc1ccc([N+](=O)[O-])cc1C. The number of aromatic amines is 1. The Balaban J connectivity index is 1.71. The zero-order chi connectivity index (χ0) is 27.1. The molecule has 0 fully saturated rings. The fourth-order valence-corrected chi connectivity index (χ4v) is 3.14. The van der Waals surface area contributed by atoms with E-state index in [9.17, 15) is 34.9 Å². The molecular formula is C23H21N5O9. The summed E-state index contributed by atoms with van der Waals surface area (Å²) in [6, 6.07) is 8.84. The molecule has 1 amide bonds. The second-order valence-corrected chi connectivity index (χ2v) is 7.45. The number of hydrogen-bond acceptors (Lipinski definition) is 10. The number of ether oxygens (including phenoxy) is 2. The predicted octanol–water partition coefficient (Wildman–Crippen LogP) is 3.19. The maximum Gasteiger partial charge on any atom is 0.395 e. The van der Waals surface area contributed by atoms with E-state index in [0.717, 1.165) is 0 Å². The molecule has 0 spiro atoms. The van der Waals surface area contributed by atoms with Crippen LogP contribution in [0.2, 0.25) is 0 Å². The molecule has 0 saturated heterocycles. The number of amides is 1. The van der Waals surface area contributed by atoms with Crippen molar-refractivity contribution in [2.45, 2.75) is 13.8 Å². The summed E-state index contributed by atoms with van der Waals surface area (Å²) in [5.74, 6) is -1.01. The highest BCUT2D eigenvalue weighted by Crippen LogP contribution is 2.29. The first-order valence-corrected chi connectivity index (χ1v) is 10.7. The van der Waals surface area contributed by atoms with Gasteiger partial charge in [0.15, 0.2) is 18.1 Å². The molecule has 0 aliphatic carbocycles. The quantitative estimate of drug-likeness (QED) is 0.268. The molecule has 0 radical (unpaired) electrons. The number of aromatic nitrogens is 2. The second-order valence-electron chi connectivity index (χ2n) is 7.45. The van der Waals surface area contributed by atoms with Crippen molar-refractivity contribution < 1.29 is 29.2 Å². The van der Waals surface area contributed by atoms with Crippen molar-refractivity contribution in [3.05, 3.63) is 83.9 Å². The molecule has 3 aromatic rings. The minimum atomic E-state index is -1.10. The van der Waals surface area contributed by atoms with Crippen LogP contribution in [0.1, 0.15) is 23.9 Å². The van der Waals surface area contributed by atoms with Crippen molar-refractivity contribution in [3.8, 4) is 17.4 Å². The van der Waals surface area contributed by atoms with E-state index < -0.39 is 32.9 Å². The van der Waals surface area contributed by atoms with Crippen LogP contribution in [0.3, 0.4) is 0 Å². The monoisotopic (exact) mass is 511 g/mol. The molecule has 1 heterocycles. The molecule has 37 heavy (non-hydrogen) atoms. The first-order valence-electron chi connectivity index (χ1n) is 10.7. The van der Waals surface area contributed by atoms with Gasteiger partial charge in [0.05, 0.1) is 16.5 Å². The number of non-ortho nitro benzene ring substituents is 1. The van der Waals surface area contributed by atoms with Crippen molar-refractivity contribution in [2.24, 2.45) is 0 Å². The molecule has 0 atom stereocenters. The summed E-state index contributed by atoms with van der Waals surface area (Å²) >= 11 is 0. The van der Waals surface area contributed by atoms with Crippen molar-refractivity contribution in [1.82, 2.24) is 9.97 Å². The topological polar surface area (TPSA) is 200 Å². The molecule has 3 rings (SSSR count). The number of anilines is 1. The lowest BCUT2D eigenvalue weighted by Crippen LogP contribution is -2.21. The van der Waals surface area contributed by atoms with E-state index in [2.05, 4.69) is 15.3 Å². The van der Waals surface area contributed by atoms with Crippen LogP contribution >= 0.6 is 0 Å². The zero-order valence-corrected chi connectivity index (χ0v) is 19.6.